The lowest BCUT2D eigenvalue weighted by Crippen LogP contribution is -2.50. The molecule has 3 saturated heterocycles. The molecule has 4 atom stereocenters. The van der Waals surface area contributed by atoms with Gasteiger partial charge in [-0.15, -0.1) is 0 Å². The Morgan fingerprint density at radius 1 is 1.14 bits per heavy atom. The lowest BCUT2D eigenvalue weighted by atomic mass is 9.91. The summed E-state index contributed by atoms with van der Waals surface area (Å²) in [6.07, 6.45) is 7.77. The van der Waals surface area contributed by atoms with Crippen molar-refractivity contribution in [3.8, 4) is 6.07 Å². The van der Waals surface area contributed by atoms with E-state index in [4.69, 9.17) is 0 Å². The zero-order chi connectivity index (χ0) is 19.7. The van der Waals surface area contributed by atoms with Crippen LogP contribution in [0.1, 0.15) is 56.4 Å². The highest BCUT2D eigenvalue weighted by Gasteiger charge is 2.45. The maximum atomic E-state index is 13.3. The van der Waals surface area contributed by atoms with Crippen molar-refractivity contribution < 1.29 is 9.59 Å². The summed E-state index contributed by atoms with van der Waals surface area (Å²) in [7, 11) is 0. The number of fused-ring (bicyclic) bond motifs is 1. The Hall–Kier alpha value is -2.62. The van der Waals surface area contributed by atoms with Crippen LogP contribution in [0, 0.1) is 17.2 Å². The Bertz CT molecular complexity index is 858. The molecule has 1 aromatic rings. The van der Waals surface area contributed by atoms with Gasteiger partial charge in [0.25, 0.3) is 0 Å². The second-order valence-corrected chi connectivity index (χ2v) is 8.22. The minimum Gasteiger partial charge on any atom is -0.339 e. The average molecular weight is 382 g/mol. The van der Waals surface area contributed by atoms with Gasteiger partial charge in [0.15, 0.2) is 0 Å². The first kappa shape index (κ1) is 18.7. The van der Waals surface area contributed by atoms with Gasteiger partial charge in [-0.1, -0.05) is 12.8 Å². The monoisotopic (exact) mass is 382 g/mol. The molecule has 0 spiro atoms. The molecule has 1 aromatic heterocycles. The number of nitrogens with zero attached hydrogens (tertiary/aromatic N) is 3. The van der Waals surface area contributed by atoms with E-state index in [1.165, 1.54) is 6.07 Å². The molecule has 28 heavy (non-hydrogen) atoms. The number of likely N-dealkylation sites (tertiary alicyclic amines) is 1. The number of aromatic amines is 1. The number of hydrogen-bond donors (Lipinski definition) is 1. The molecule has 7 nitrogen and oxygen atoms in total. The third-order valence-corrected chi connectivity index (χ3v) is 6.53. The van der Waals surface area contributed by atoms with Crippen LogP contribution in [0.3, 0.4) is 0 Å². The highest BCUT2D eigenvalue weighted by atomic mass is 16.2. The number of rotatable bonds is 2. The molecule has 0 bridgehead atoms. The summed E-state index contributed by atoms with van der Waals surface area (Å²) in [5.41, 5.74) is 0.584. The van der Waals surface area contributed by atoms with Gasteiger partial charge in [0.1, 0.15) is 6.04 Å². The number of carbonyl (C=O) groups is 2. The van der Waals surface area contributed by atoms with Crippen molar-refractivity contribution in [2.24, 2.45) is 5.92 Å². The van der Waals surface area contributed by atoms with E-state index in [1.807, 2.05) is 4.90 Å². The molecule has 1 N–H and O–H groups in total. The van der Waals surface area contributed by atoms with Crippen LogP contribution in [0.2, 0.25) is 0 Å². The number of H-pyrrole nitrogens is 1. The normalized spacial score (nSPS) is 30.5. The van der Waals surface area contributed by atoms with E-state index in [2.05, 4.69) is 11.1 Å². The molecule has 2 amide bonds. The topological polar surface area (TPSA) is 97.3 Å². The average Bonchev–Trinajstić information content (AvgIpc) is 3.29. The molecule has 148 valence electrons. The molecule has 3 aliphatic rings. The quantitative estimate of drug-likeness (QED) is 0.843. The number of nitriles is 1. The molecular formula is C21H26N4O3. The van der Waals surface area contributed by atoms with Crippen molar-refractivity contribution in [1.82, 2.24) is 14.8 Å². The highest BCUT2D eigenvalue weighted by Crippen LogP contribution is 2.36. The summed E-state index contributed by atoms with van der Waals surface area (Å²) in [4.78, 5) is 43.8. The molecule has 3 aliphatic heterocycles. The summed E-state index contributed by atoms with van der Waals surface area (Å²) in [6, 6.07) is 5.40. The van der Waals surface area contributed by atoms with Crippen molar-refractivity contribution in [2.45, 2.75) is 62.9 Å². The molecule has 0 aliphatic carbocycles. The van der Waals surface area contributed by atoms with E-state index < -0.39 is 6.04 Å². The number of aromatic nitrogens is 1. The van der Waals surface area contributed by atoms with Gasteiger partial charge in [0.2, 0.25) is 17.4 Å². The molecular weight excluding hydrogens is 356 g/mol. The van der Waals surface area contributed by atoms with Gasteiger partial charge in [-0.3, -0.25) is 14.4 Å². The van der Waals surface area contributed by atoms with Gasteiger partial charge in [-0.2, -0.15) is 5.26 Å². The molecule has 0 radical (unpaired) electrons. The fourth-order valence-corrected chi connectivity index (χ4v) is 5.10. The minimum atomic E-state index is -0.395. The van der Waals surface area contributed by atoms with Gasteiger partial charge >= 0.3 is 0 Å². The van der Waals surface area contributed by atoms with Crippen LogP contribution < -0.4 is 5.56 Å². The van der Waals surface area contributed by atoms with E-state index in [0.717, 1.165) is 37.7 Å². The lowest BCUT2D eigenvalue weighted by Gasteiger charge is -2.33. The first-order valence-corrected chi connectivity index (χ1v) is 10.3. The van der Waals surface area contributed by atoms with Gasteiger partial charge < -0.3 is 14.8 Å². The van der Waals surface area contributed by atoms with Crippen molar-refractivity contribution in [1.29, 1.82) is 5.26 Å². The molecule has 4 heterocycles. The molecule has 3 fully saturated rings. The van der Waals surface area contributed by atoms with Crippen molar-refractivity contribution in [2.75, 3.05) is 13.1 Å². The number of hydrogen-bond acceptors (Lipinski definition) is 4. The van der Waals surface area contributed by atoms with Crippen LogP contribution in [-0.4, -0.2) is 51.8 Å². The van der Waals surface area contributed by atoms with Gasteiger partial charge in [-0.05, 0) is 37.3 Å². The number of amides is 2. The third-order valence-electron chi connectivity index (χ3n) is 6.53. The Morgan fingerprint density at radius 2 is 2.00 bits per heavy atom. The van der Waals surface area contributed by atoms with Crippen LogP contribution >= 0.6 is 0 Å². The second-order valence-electron chi connectivity index (χ2n) is 8.22. The van der Waals surface area contributed by atoms with Gasteiger partial charge in [0.05, 0.1) is 12.0 Å². The Morgan fingerprint density at radius 3 is 2.79 bits per heavy atom. The zero-order valence-electron chi connectivity index (χ0n) is 16.0. The van der Waals surface area contributed by atoms with Crippen LogP contribution in [0.25, 0.3) is 0 Å². The maximum absolute atomic E-state index is 13.3. The van der Waals surface area contributed by atoms with E-state index >= 15 is 0 Å². The molecule has 7 heteroatoms. The third kappa shape index (κ3) is 3.44. The van der Waals surface area contributed by atoms with E-state index in [0.29, 0.717) is 25.9 Å². The minimum absolute atomic E-state index is 0.0379. The standard InChI is InChI=1S/C21H26N4O3/c22-11-15-12-24(13-17(15)14-8-9-23-19(26)10-14)21(28)18-7-6-16-4-2-1-3-5-20(27)25(16)18/h8-10,15-18H,1-7,12-13H2,(H,23,26)/t15-,16-,17+,18-/m0/s1. The van der Waals surface area contributed by atoms with Crippen molar-refractivity contribution >= 4 is 11.8 Å². The smallest absolute Gasteiger partial charge is 0.248 e. The van der Waals surface area contributed by atoms with E-state index in [9.17, 15) is 19.6 Å². The fourth-order valence-electron chi connectivity index (χ4n) is 5.10. The number of pyridine rings is 1. The predicted molar refractivity (Wildman–Crippen MR) is 102 cm³/mol. The SMILES string of the molecule is N#C[C@H]1CN(C(=O)[C@@H]2CC[C@@H]3CCCCCC(=O)N32)C[C@@H]1c1cc[nH]c(=O)c1. The Kier molecular flexibility index (Phi) is 5.21. The fraction of sp³-hybridized carbons (Fsp3) is 0.619. The van der Waals surface area contributed by atoms with Crippen LogP contribution in [-0.2, 0) is 9.59 Å². The summed E-state index contributed by atoms with van der Waals surface area (Å²) in [6.45, 7) is 0.777. The lowest BCUT2D eigenvalue weighted by molar-refractivity contribution is -0.145. The van der Waals surface area contributed by atoms with E-state index in [1.54, 1.807) is 17.2 Å². The van der Waals surface area contributed by atoms with Crippen LogP contribution in [0.15, 0.2) is 23.1 Å². The number of nitrogens with one attached hydrogen (secondary N) is 1. The van der Waals surface area contributed by atoms with Crippen LogP contribution in [0.4, 0.5) is 0 Å². The molecule has 0 aromatic carbocycles. The summed E-state index contributed by atoms with van der Waals surface area (Å²) >= 11 is 0. The van der Waals surface area contributed by atoms with Gasteiger partial charge in [0, 0.05) is 43.7 Å². The largest absolute Gasteiger partial charge is 0.339 e. The first-order valence-electron chi connectivity index (χ1n) is 10.3. The Labute approximate surface area is 164 Å². The predicted octanol–water partition coefficient (Wildman–Crippen LogP) is 1.76. The van der Waals surface area contributed by atoms with E-state index in [-0.39, 0.29) is 35.3 Å². The molecule has 0 saturated carbocycles. The first-order chi connectivity index (χ1) is 13.6. The maximum Gasteiger partial charge on any atom is 0.248 e. The van der Waals surface area contributed by atoms with Crippen molar-refractivity contribution in [3.63, 3.8) is 0 Å². The molecule has 4 rings (SSSR count). The van der Waals surface area contributed by atoms with Crippen LogP contribution in [0.5, 0.6) is 0 Å². The van der Waals surface area contributed by atoms with Crippen molar-refractivity contribution in [3.05, 3.63) is 34.2 Å². The van der Waals surface area contributed by atoms with Gasteiger partial charge in [-0.25, -0.2) is 0 Å². The second kappa shape index (κ2) is 7.78. The summed E-state index contributed by atoms with van der Waals surface area (Å²) in [5, 5.41) is 9.59. The summed E-state index contributed by atoms with van der Waals surface area (Å²) < 4.78 is 0. The highest BCUT2D eigenvalue weighted by molar-refractivity contribution is 5.89. The molecule has 0 unspecified atom stereocenters. The zero-order valence-corrected chi connectivity index (χ0v) is 16.0. The summed E-state index contributed by atoms with van der Waals surface area (Å²) in [5.74, 6) is -0.450. The number of carbonyl (C=O) groups excluding carboxylic acids is 2. The Balaban J connectivity index is 1.52.